The van der Waals surface area contributed by atoms with Crippen LogP contribution in [0.25, 0.3) is 0 Å². The maximum atomic E-state index is 6.63. The lowest BCUT2D eigenvalue weighted by atomic mass is 10.2. The van der Waals surface area contributed by atoms with Crippen molar-refractivity contribution in [3.8, 4) is 0 Å². The van der Waals surface area contributed by atoms with Gasteiger partial charge < -0.3 is 21.2 Å². The van der Waals surface area contributed by atoms with Crippen LogP contribution in [0.3, 0.4) is 0 Å². The lowest BCUT2D eigenvalue weighted by Crippen LogP contribution is -2.62. The largest absolute Gasteiger partial charge is 0.420 e. The maximum absolute atomic E-state index is 6.63. The van der Waals surface area contributed by atoms with E-state index in [0.29, 0.717) is 5.92 Å². The van der Waals surface area contributed by atoms with E-state index in [0.717, 1.165) is 30.8 Å². The number of hydrogen-bond acceptors (Lipinski definition) is 5. The molecular formula is C14H36O5Si4. The Morgan fingerprint density at radius 3 is 1.65 bits per heavy atom. The Hall–Kier alpha value is 0.668. The van der Waals surface area contributed by atoms with Crippen LogP contribution < -0.4 is 0 Å². The molecule has 138 valence electrons. The summed E-state index contributed by atoms with van der Waals surface area (Å²) in [6, 6.07) is 3.80. The SMILES string of the molecule is CC[SiH]1O[SiH](CC)O[Si](CC)(C(C)OCC(C)C)O[SiH](CC)O1. The van der Waals surface area contributed by atoms with Crippen molar-refractivity contribution in [1.29, 1.82) is 0 Å². The van der Waals surface area contributed by atoms with Crippen molar-refractivity contribution in [1.82, 2.24) is 0 Å². The van der Waals surface area contributed by atoms with E-state index in [2.05, 4.69) is 48.5 Å². The Bertz CT molecular complexity index is 318. The molecule has 23 heavy (non-hydrogen) atoms. The van der Waals surface area contributed by atoms with Crippen molar-refractivity contribution in [2.45, 2.75) is 78.4 Å². The standard InChI is InChI=1S/C14H36O5Si4/c1-8-20-16-21(9-2)18-23(11-4,19-22(10-3)17-20)14(7)15-12-13(5)6/h13-14,20-22H,8-12H2,1-7H3. The third-order valence-electron chi connectivity index (χ3n) is 4.06. The zero-order valence-corrected chi connectivity index (χ0v) is 20.4. The minimum atomic E-state index is -2.45. The molecule has 0 aliphatic carbocycles. The van der Waals surface area contributed by atoms with E-state index < -0.39 is 36.4 Å². The normalized spacial score (nSPS) is 34.2. The van der Waals surface area contributed by atoms with Gasteiger partial charge in [-0.3, -0.25) is 0 Å². The van der Waals surface area contributed by atoms with Gasteiger partial charge in [0.25, 0.3) is 0 Å². The predicted molar refractivity (Wildman–Crippen MR) is 104 cm³/mol. The molecule has 1 fully saturated rings. The third-order valence-corrected chi connectivity index (χ3v) is 18.6. The van der Waals surface area contributed by atoms with Crippen LogP contribution in [0, 0.1) is 5.92 Å². The minimum absolute atomic E-state index is 0.0186. The average molecular weight is 397 g/mol. The van der Waals surface area contributed by atoms with Gasteiger partial charge in [0.05, 0.1) is 5.73 Å². The summed E-state index contributed by atoms with van der Waals surface area (Å²) in [5, 5.41) is 0. The monoisotopic (exact) mass is 396 g/mol. The molecule has 3 unspecified atom stereocenters. The first-order valence-electron chi connectivity index (χ1n) is 9.18. The van der Waals surface area contributed by atoms with E-state index >= 15 is 0 Å². The summed E-state index contributed by atoms with van der Waals surface area (Å²) < 4.78 is 32.0. The highest BCUT2D eigenvalue weighted by Gasteiger charge is 2.49. The summed E-state index contributed by atoms with van der Waals surface area (Å²) in [6.07, 6.45) is 0. The van der Waals surface area contributed by atoms with Crippen molar-refractivity contribution in [3.63, 3.8) is 0 Å². The van der Waals surface area contributed by atoms with E-state index in [9.17, 15) is 0 Å². The van der Waals surface area contributed by atoms with Crippen LogP contribution in [0.1, 0.15) is 48.5 Å². The highest BCUT2D eigenvalue weighted by atomic mass is 28.5. The smallest absolute Gasteiger partial charge is 0.349 e. The first kappa shape index (κ1) is 21.7. The summed E-state index contributed by atoms with van der Waals surface area (Å²) in [5.74, 6) is 0.511. The number of rotatable bonds is 8. The molecule has 1 heterocycles. The fourth-order valence-electron chi connectivity index (χ4n) is 2.56. The van der Waals surface area contributed by atoms with Crippen molar-refractivity contribution in [2.75, 3.05) is 6.61 Å². The van der Waals surface area contributed by atoms with Gasteiger partial charge in [-0.1, -0.05) is 41.5 Å². The van der Waals surface area contributed by atoms with E-state index in [1.807, 2.05) is 0 Å². The zero-order chi connectivity index (χ0) is 17.5. The molecule has 1 aliphatic heterocycles. The molecule has 0 bridgehead atoms. The van der Waals surface area contributed by atoms with Crippen molar-refractivity contribution in [2.24, 2.45) is 5.92 Å². The van der Waals surface area contributed by atoms with E-state index in [1.54, 1.807) is 0 Å². The lowest BCUT2D eigenvalue weighted by molar-refractivity contribution is 0.0628. The number of hydrogen-bond donors (Lipinski definition) is 0. The second-order valence-corrected chi connectivity index (χ2v) is 18.8. The van der Waals surface area contributed by atoms with Crippen molar-refractivity contribution in [3.05, 3.63) is 0 Å². The van der Waals surface area contributed by atoms with Gasteiger partial charge in [0.2, 0.25) is 0 Å². The average Bonchev–Trinajstić information content (AvgIpc) is 2.53. The van der Waals surface area contributed by atoms with Crippen molar-refractivity contribution < 1.29 is 21.2 Å². The Morgan fingerprint density at radius 2 is 1.30 bits per heavy atom. The van der Waals surface area contributed by atoms with Gasteiger partial charge in [0.15, 0.2) is 0 Å². The molecule has 0 aromatic rings. The molecule has 1 aliphatic rings. The lowest BCUT2D eigenvalue weighted by Gasteiger charge is -2.43. The summed E-state index contributed by atoms with van der Waals surface area (Å²) in [4.78, 5) is 0. The molecule has 0 aromatic heterocycles. The Labute approximate surface area is 148 Å². The van der Waals surface area contributed by atoms with Crippen LogP contribution in [-0.4, -0.2) is 48.7 Å². The Kier molecular flexibility index (Phi) is 10.0. The molecule has 5 nitrogen and oxygen atoms in total. The van der Waals surface area contributed by atoms with Crippen LogP contribution in [0.2, 0.25) is 24.2 Å². The fraction of sp³-hybridized carbons (Fsp3) is 1.00. The summed E-state index contributed by atoms with van der Waals surface area (Å²) in [7, 11) is -7.51. The van der Waals surface area contributed by atoms with Gasteiger partial charge in [0.1, 0.15) is 0 Å². The van der Waals surface area contributed by atoms with E-state index in [-0.39, 0.29) is 5.73 Å². The molecule has 9 heteroatoms. The number of ether oxygens (including phenoxy) is 1. The quantitative estimate of drug-likeness (QED) is 0.590. The van der Waals surface area contributed by atoms with E-state index in [4.69, 9.17) is 21.2 Å². The molecule has 3 atom stereocenters. The van der Waals surface area contributed by atoms with Crippen molar-refractivity contribution >= 4 is 36.4 Å². The van der Waals surface area contributed by atoms with Gasteiger partial charge in [-0.2, -0.15) is 0 Å². The molecule has 0 radical (unpaired) electrons. The Morgan fingerprint density at radius 1 is 0.826 bits per heavy atom. The van der Waals surface area contributed by atoms with Crippen LogP contribution in [-0.2, 0) is 21.2 Å². The summed E-state index contributed by atoms with van der Waals surface area (Å²) >= 11 is 0. The molecule has 0 N–H and O–H groups in total. The van der Waals surface area contributed by atoms with Crippen LogP contribution in [0.15, 0.2) is 0 Å². The fourth-order valence-corrected chi connectivity index (χ4v) is 20.0. The van der Waals surface area contributed by atoms with Crippen LogP contribution in [0.4, 0.5) is 0 Å². The van der Waals surface area contributed by atoms with Crippen LogP contribution in [0.5, 0.6) is 0 Å². The topological polar surface area (TPSA) is 46.2 Å². The predicted octanol–water partition coefficient (Wildman–Crippen LogP) is 2.85. The summed E-state index contributed by atoms with van der Waals surface area (Å²) in [6.45, 7) is 15.8. The highest BCUT2D eigenvalue weighted by molar-refractivity contribution is 6.83. The second kappa shape index (κ2) is 10.6. The van der Waals surface area contributed by atoms with E-state index in [1.165, 1.54) is 0 Å². The first-order chi connectivity index (χ1) is 10.9. The maximum Gasteiger partial charge on any atom is 0.349 e. The molecule has 1 saturated heterocycles. The van der Waals surface area contributed by atoms with Crippen LogP contribution >= 0.6 is 0 Å². The minimum Gasteiger partial charge on any atom is -0.420 e. The molecule has 0 amide bonds. The molecule has 0 spiro atoms. The van der Waals surface area contributed by atoms with Gasteiger partial charge in [-0.15, -0.1) is 0 Å². The second-order valence-electron chi connectivity index (χ2n) is 6.56. The third kappa shape index (κ3) is 6.48. The van der Waals surface area contributed by atoms with Gasteiger partial charge in [-0.05, 0) is 37.0 Å². The highest BCUT2D eigenvalue weighted by Crippen LogP contribution is 2.28. The molecule has 1 rings (SSSR count). The van der Waals surface area contributed by atoms with Gasteiger partial charge in [-0.25, -0.2) is 0 Å². The van der Waals surface area contributed by atoms with Gasteiger partial charge in [0, 0.05) is 6.61 Å². The summed E-state index contributed by atoms with van der Waals surface area (Å²) in [5.41, 5.74) is 0.0186. The molecule has 0 aromatic carbocycles. The zero-order valence-electron chi connectivity index (χ0n) is 16.0. The Balaban J connectivity index is 2.95. The first-order valence-corrected chi connectivity index (χ1v) is 16.6. The molecular weight excluding hydrogens is 360 g/mol. The van der Waals surface area contributed by atoms with Gasteiger partial charge >= 0.3 is 36.4 Å². The molecule has 0 saturated carbocycles.